The first-order chi connectivity index (χ1) is 3.71. The van der Waals surface area contributed by atoms with Gasteiger partial charge in [-0.25, -0.2) is 0 Å². The minimum absolute atomic E-state index is 0.594. The van der Waals surface area contributed by atoms with Crippen molar-refractivity contribution in [1.82, 2.24) is 0 Å². The Morgan fingerprint density at radius 2 is 1.89 bits per heavy atom. The highest BCUT2D eigenvalue weighted by atomic mass is 79.9. The van der Waals surface area contributed by atoms with Gasteiger partial charge in [-0.05, 0) is 15.9 Å². The van der Waals surface area contributed by atoms with E-state index in [2.05, 4.69) is 15.9 Å². The zero-order valence-electron chi connectivity index (χ0n) is 4.09. The third kappa shape index (κ3) is 9.21. The highest BCUT2D eigenvalue weighted by Crippen LogP contribution is 2.45. The van der Waals surface area contributed by atoms with Crippen LogP contribution in [-0.2, 0) is 4.57 Å². The summed E-state index contributed by atoms with van der Waals surface area (Å²) in [6.45, 7) is 0. The second kappa shape index (κ2) is 3.07. The van der Waals surface area contributed by atoms with E-state index < -0.39 is 17.0 Å². The van der Waals surface area contributed by atoms with Gasteiger partial charge in [-0.2, -0.15) is 0 Å². The first-order valence-corrected chi connectivity index (χ1v) is 5.17. The Balaban J connectivity index is 3.90. The molecule has 0 aliphatic carbocycles. The van der Waals surface area contributed by atoms with Gasteiger partial charge >= 0.3 is 7.60 Å². The van der Waals surface area contributed by atoms with Gasteiger partial charge < -0.3 is 9.79 Å². The van der Waals surface area contributed by atoms with E-state index in [0.717, 1.165) is 0 Å². The predicted molar refractivity (Wildman–Crippen MR) is 40.3 cm³/mol. The van der Waals surface area contributed by atoms with E-state index in [-0.39, 0.29) is 0 Å². The van der Waals surface area contributed by atoms with Crippen LogP contribution in [0.3, 0.4) is 0 Å². The van der Waals surface area contributed by atoms with Crippen LogP contribution in [0.4, 0.5) is 0 Å². The second-order valence-electron chi connectivity index (χ2n) is 1.44. The van der Waals surface area contributed by atoms with Gasteiger partial charge in [0.25, 0.3) is 0 Å². The maximum absolute atomic E-state index is 10.1. The van der Waals surface area contributed by atoms with E-state index in [1.54, 1.807) is 0 Å². The van der Waals surface area contributed by atoms with Crippen LogP contribution >= 0.6 is 46.7 Å². The van der Waals surface area contributed by atoms with Gasteiger partial charge in [0, 0.05) is 0 Å². The largest absolute Gasteiger partial charge is 0.329 e. The van der Waals surface area contributed by atoms with Gasteiger partial charge in [-0.1, -0.05) is 23.2 Å². The van der Waals surface area contributed by atoms with E-state index >= 15 is 0 Å². The van der Waals surface area contributed by atoms with Crippen LogP contribution < -0.4 is 0 Å². The fourth-order valence-electron chi connectivity index (χ4n) is 0.234. The Kier molecular flexibility index (Phi) is 3.49. The highest BCUT2D eigenvalue weighted by molar-refractivity contribution is 9.11. The molecule has 0 saturated heterocycles. The van der Waals surface area contributed by atoms with Gasteiger partial charge in [0.05, 0.1) is 6.16 Å². The molecule has 7 heteroatoms. The van der Waals surface area contributed by atoms with Crippen LogP contribution in [-0.4, -0.2) is 19.2 Å². The normalized spacial score (nSPS) is 13.9. The Hall–Kier alpha value is 1.21. The summed E-state index contributed by atoms with van der Waals surface area (Å²) in [5.41, 5.74) is 0. The van der Waals surface area contributed by atoms with Gasteiger partial charge in [-0.3, -0.25) is 4.57 Å². The molecule has 0 aliphatic rings. The maximum atomic E-state index is 10.1. The van der Waals surface area contributed by atoms with Crippen LogP contribution in [0, 0.1) is 0 Å². The molecule has 0 bridgehead atoms. The average molecular weight is 258 g/mol. The number of rotatable bonds is 2. The lowest BCUT2D eigenvalue weighted by Gasteiger charge is -2.10. The molecular weight excluding hydrogens is 254 g/mol. The van der Waals surface area contributed by atoms with Crippen molar-refractivity contribution in [2.45, 2.75) is 3.24 Å². The molecule has 0 fully saturated rings. The number of alkyl halides is 3. The lowest BCUT2D eigenvalue weighted by atomic mass is 10.9. The zero-order valence-corrected chi connectivity index (χ0v) is 8.08. The number of hydrogen-bond acceptors (Lipinski definition) is 1. The summed E-state index contributed by atoms with van der Waals surface area (Å²) in [5.74, 6) is 0. The number of hydrogen-bond donors (Lipinski definition) is 2. The molecule has 0 spiro atoms. The van der Waals surface area contributed by atoms with Crippen LogP contribution in [0.1, 0.15) is 0 Å². The van der Waals surface area contributed by atoms with Crippen molar-refractivity contribution < 1.29 is 14.4 Å². The molecule has 9 heavy (non-hydrogen) atoms. The molecule has 0 aromatic rings. The van der Waals surface area contributed by atoms with Crippen molar-refractivity contribution in [2.75, 3.05) is 6.16 Å². The van der Waals surface area contributed by atoms with Crippen LogP contribution in [0.25, 0.3) is 0 Å². The fourth-order valence-corrected chi connectivity index (χ4v) is 2.61. The second-order valence-corrected chi connectivity index (χ2v) is 6.83. The minimum Gasteiger partial charge on any atom is -0.324 e. The molecule has 0 aliphatic heterocycles. The summed E-state index contributed by atoms with van der Waals surface area (Å²) < 4.78 is 8.62. The molecule has 0 aromatic carbocycles. The van der Waals surface area contributed by atoms with Crippen molar-refractivity contribution >= 4 is 46.7 Å². The quantitative estimate of drug-likeness (QED) is 0.585. The molecule has 0 radical (unpaired) electrons. The number of halogens is 3. The zero-order chi connectivity index (χ0) is 7.71. The Bertz CT molecular complexity index is 137. The summed E-state index contributed by atoms with van der Waals surface area (Å²) >= 11 is 13.1. The van der Waals surface area contributed by atoms with E-state index in [9.17, 15) is 4.57 Å². The summed E-state index contributed by atoms with van der Waals surface area (Å²) in [5, 5.41) is 0. The topological polar surface area (TPSA) is 57.5 Å². The molecule has 2 N–H and O–H groups in total. The molecule has 0 heterocycles. The van der Waals surface area contributed by atoms with Gasteiger partial charge in [0.2, 0.25) is 0 Å². The Morgan fingerprint density at radius 3 is 1.89 bits per heavy atom. The standard InChI is InChI=1S/C2H4BrCl2O3P/c3-2(4,5)1-9(6,7)8/h1H2,(H2,6,7,8). The van der Waals surface area contributed by atoms with Crippen LogP contribution in [0.2, 0.25) is 0 Å². The molecule has 0 aromatic heterocycles. The van der Waals surface area contributed by atoms with Gasteiger partial charge in [0.1, 0.15) is 0 Å². The summed E-state index contributed by atoms with van der Waals surface area (Å²) in [6, 6.07) is 0. The van der Waals surface area contributed by atoms with Crippen LogP contribution in [0.15, 0.2) is 0 Å². The third-order valence-corrected chi connectivity index (χ3v) is 2.63. The molecular formula is C2H4BrCl2O3P. The first kappa shape index (κ1) is 10.2. The Morgan fingerprint density at radius 1 is 1.56 bits per heavy atom. The summed E-state index contributed by atoms with van der Waals surface area (Å²) in [6.07, 6.45) is -0.594. The lowest BCUT2D eigenvalue weighted by molar-refractivity contribution is 0.374. The van der Waals surface area contributed by atoms with Crippen molar-refractivity contribution in [3.63, 3.8) is 0 Å². The van der Waals surface area contributed by atoms with E-state index in [1.807, 2.05) is 0 Å². The van der Waals surface area contributed by atoms with Crippen molar-refractivity contribution in [1.29, 1.82) is 0 Å². The first-order valence-electron chi connectivity index (χ1n) is 1.82. The van der Waals surface area contributed by atoms with E-state index in [0.29, 0.717) is 0 Å². The summed E-state index contributed by atoms with van der Waals surface area (Å²) in [4.78, 5) is 16.5. The molecule has 0 unspecified atom stereocenters. The minimum atomic E-state index is -4.10. The molecule has 56 valence electrons. The monoisotopic (exact) mass is 256 g/mol. The third-order valence-electron chi connectivity index (χ3n) is 0.385. The van der Waals surface area contributed by atoms with E-state index in [1.165, 1.54) is 0 Å². The van der Waals surface area contributed by atoms with Gasteiger partial charge in [-0.15, -0.1) is 0 Å². The molecule has 0 rings (SSSR count). The Labute approximate surface area is 70.6 Å². The molecule has 0 atom stereocenters. The van der Waals surface area contributed by atoms with Crippen molar-refractivity contribution in [2.24, 2.45) is 0 Å². The molecule has 0 amide bonds. The van der Waals surface area contributed by atoms with Crippen molar-refractivity contribution in [3.8, 4) is 0 Å². The lowest BCUT2D eigenvalue weighted by Crippen LogP contribution is -2.08. The average Bonchev–Trinajstić information content (AvgIpc) is 1.14. The fraction of sp³-hybridized carbons (Fsp3) is 1.00. The van der Waals surface area contributed by atoms with Crippen LogP contribution in [0.5, 0.6) is 0 Å². The highest BCUT2D eigenvalue weighted by Gasteiger charge is 2.29. The van der Waals surface area contributed by atoms with Crippen molar-refractivity contribution in [3.05, 3.63) is 0 Å². The molecule has 3 nitrogen and oxygen atoms in total. The maximum Gasteiger partial charge on any atom is 0.329 e. The van der Waals surface area contributed by atoms with Gasteiger partial charge in [0.15, 0.2) is 3.24 Å². The van der Waals surface area contributed by atoms with E-state index in [4.69, 9.17) is 33.0 Å². The molecule has 0 saturated carbocycles. The summed E-state index contributed by atoms with van der Waals surface area (Å²) in [7, 11) is -4.10. The smallest absolute Gasteiger partial charge is 0.324 e. The SMILES string of the molecule is O=P(O)(O)CC(Cl)(Cl)Br. The predicted octanol–water partition coefficient (Wildman–Crippen LogP) is 1.69.